The molecule has 5 nitrogen and oxygen atoms in total. The Bertz CT molecular complexity index is 240. The summed E-state index contributed by atoms with van der Waals surface area (Å²) in [7, 11) is 0. The van der Waals surface area contributed by atoms with Crippen LogP contribution in [0.15, 0.2) is 0 Å². The van der Waals surface area contributed by atoms with Gasteiger partial charge in [-0.3, -0.25) is 4.79 Å². The number of nitrogens with one attached hydrogen (secondary N) is 1. The van der Waals surface area contributed by atoms with Crippen LogP contribution >= 0.6 is 0 Å². The summed E-state index contributed by atoms with van der Waals surface area (Å²) in [6.07, 6.45) is 3.26. The van der Waals surface area contributed by atoms with E-state index in [9.17, 15) is 4.79 Å². The van der Waals surface area contributed by atoms with Gasteiger partial charge in [0.1, 0.15) is 0 Å². The Hall–Kier alpha value is -0.650. The molecule has 1 heterocycles. The standard InChI is InChI=1S/C13H27N3O2/c1-3-18-13(10-14)6-9-16-7-4-12(5-8-16)15-11(2)17/h12-13H,3-10,14H2,1-2H3,(H,15,17). The lowest BCUT2D eigenvalue weighted by atomic mass is 10.0. The van der Waals surface area contributed by atoms with Crippen LogP contribution in [0.5, 0.6) is 0 Å². The molecule has 18 heavy (non-hydrogen) atoms. The van der Waals surface area contributed by atoms with E-state index in [-0.39, 0.29) is 12.0 Å². The van der Waals surface area contributed by atoms with E-state index in [1.165, 1.54) is 0 Å². The van der Waals surface area contributed by atoms with Crippen molar-refractivity contribution in [3.63, 3.8) is 0 Å². The molecule has 1 amide bonds. The molecule has 1 saturated heterocycles. The van der Waals surface area contributed by atoms with Crippen molar-refractivity contribution in [2.45, 2.75) is 45.3 Å². The Balaban J connectivity index is 2.16. The van der Waals surface area contributed by atoms with Gasteiger partial charge in [-0.1, -0.05) is 0 Å². The first-order valence-corrected chi connectivity index (χ1v) is 6.96. The molecule has 5 heteroatoms. The lowest BCUT2D eigenvalue weighted by molar-refractivity contribution is -0.119. The van der Waals surface area contributed by atoms with E-state index < -0.39 is 0 Å². The Morgan fingerprint density at radius 3 is 2.67 bits per heavy atom. The topological polar surface area (TPSA) is 67.6 Å². The fraction of sp³-hybridized carbons (Fsp3) is 0.923. The molecule has 0 aromatic heterocycles. The largest absolute Gasteiger partial charge is 0.377 e. The third-order valence-corrected chi connectivity index (χ3v) is 3.43. The molecule has 0 spiro atoms. The van der Waals surface area contributed by atoms with Crippen molar-refractivity contribution in [1.82, 2.24) is 10.2 Å². The fourth-order valence-electron chi connectivity index (χ4n) is 2.42. The molecule has 0 bridgehead atoms. The third-order valence-electron chi connectivity index (χ3n) is 3.43. The second kappa shape index (κ2) is 8.45. The van der Waals surface area contributed by atoms with Crippen LogP contribution in [0.3, 0.4) is 0 Å². The maximum Gasteiger partial charge on any atom is 0.217 e. The number of carbonyl (C=O) groups is 1. The average molecular weight is 257 g/mol. The molecule has 0 saturated carbocycles. The van der Waals surface area contributed by atoms with E-state index in [0.717, 1.165) is 45.5 Å². The zero-order valence-electron chi connectivity index (χ0n) is 11.7. The van der Waals surface area contributed by atoms with Gasteiger partial charge in [-0.2, -0.15) is 0 Å². The Morgan fingerprint density at radius 1 is 1.50 bits per heavy atom. The maximum absolute atomic E-state index is 11.0. The minimum Gasteiger partial charge on any atom is -0.377 e. The predicted molar refractivity (Wildman–Crippen MR) is 72.4 cm³/mol. The number of nitrogens with zero attached hydrogens (tertiary/aromatic N) is 1. The third kappa shape index (κ3) is 5.80. The number of ether oxygens (including phenoxy) is 1. The van der Waals surface area contributed by atoms with Crippen LogP contribution in [0.1, 0.15) is 33.1 Å². The van der Waals surface area contributed by atoms with Crippen LogP contribution < -0.4 is 11.1 Å². The van der Waals surface area contributed by atoms with Gasteiger partial charge in [0.15, 0.2) is 0 Å². The molecule has 106 valence electrons. The smallest absolute Gasteiger partial charge is 0.217 e. The molecule has 1 fully saturated rings. The number of nitrogens with two attached hydrogens (primary N) is 1. The van der Waals surface area contributed by atoms with Crippen LogP contribution in [0.4, 0.5) is 0 Å². The molecule has 1 aliphatic rings. The quantitative estimate of drug-likeness (QED) is 0.690. The van der Waals surface area contributed by atoms with Crippen molar-refractivity contribution in [3.8, 4) is 0 Å². The molecule has 1 rings (SSSR count). The number of rotatable bonds is 7. The Morgan fingerprint density at radius 2 is 2.17 bits per heavy atom. The first-order valence-electron chi connectivity index (χ1n) is 6.96. The maximum atomic E-state index is 11.0. The van der Waals surface area contributed by atoms with E-state index in [4.69, 9.17) is 10.5 Å². The number of carbonyl (C=O) groups excluding carboxylic acids is 1. The molecular formula is C13H27N3O2. The molecule has 1 atom stereocenters. The van der Waals surface area contributed by atoms with Crippen molar-refractivity contribution in [2.24, 2.45) is 5.73 Å². The first-order chi connectivity index (χ1) is 8.65. The molecule has 3 N–H and O–H groups in total. The van der Waals surface area contributed by atoms with Gasteiger partial charge in [0.2, 0.25) is 5.91 Å². The van der Waals surface area contributed by atoms with Crippen LogP contribution in [0, 0.1) is 0 Å². The summed E-state index contributed by atoms with van der Waals surface area (Å²) in [4.78, 5) is 13.4. The summed E-state index contributed by atoms with van der Waals surface area (Å²) >= 11 is 0. The van der Waals surface area contributed by atoms with E-state index in [1.807, 2.05) is 6.92 Å². The summed E-state index contributed by atoms with van der Waals surface area (Å²) < 4.78 is 5.55. The van der Waals surface area contributed by atoms with Crippen molar-refractivity contribution in [1.29, 1.82) is 0 Å². The predicted octanol–water partition coefficient (Wildman–Crippen LogP) is 0.341. The van der Waals surface area contributed by atoms with Crippen LogP contribution in [-0.2, 0) is 9.53 Å². The molecular weight excluding hydrogens is 230 g/mol. The van der Waals surface area contributed by atoms with Crippen LogP contribution in [0.2, 0.25) is 0 Å². The summed E-state index contributed by atoms with van der Waals surface area (Å²) in [6.45, 7) is 8.04. The van der Waals surface area contributed by atoms with Crippen molar-refractivity contribution >= 4 is 5.91 Å². The van der Waals surface area contributed by atoms with Gasteiger partial charge in [0, 0.05) is 45.8 Å². The van der Waals surface area contributed by atoms with Crippen molar-refractivity contribution < 1.29 is 9.53 Å². The number of amides is 1. The second-order valence-electron chi connectivity index (χ2n) is 4.92. The summed E-state index contributed by atoms with van der Waals surface area (Å²) in [5.74, 6) is 0.0768. The highest BCUT2D eigenvalue weighted by Gasteiger charge is 2.20. The van der Waals surface area contributed by atoms with Gasteiger partial charge >= 0.3 is 0 Å². The fourth-order valence-corrected chi connectivity index (χ4v) is 2.42. The van der Waals surface area contributed by atoms with E-state index in [0.29, 0.717) is 12.6 Å². The van der Waals surface area contributed by atoms with E-state index >= 15 is 0 Å². The monoisotopic (exact) mass is 257 g/mol. The second-order valence-corrected chi connectivity index (χ2v) is 4.92. The Labute approximate surface area is 110 Å². The summed E-state index contributed by atoms with van der Waals surface area (Å²) in [5.41, 5.74) is 5.66. The van der Waals surface area contributed by atoms with Gasteiger partial charge < -0.3 is 20.7 Å². The zero-order chi connectivity index (χ0) is 13.4. The minimum absolute atomic E-state index is 0.0768. The number of likely N-dealkylation sites (tertiary alicyclic amines) is 1. The molecule has 1 aliphatic heterocycles. The van der Waals surface area contributed by atoms with Gasteiger partial charge in [-0.05, 0) is 26.2 Å². The van der Waals surface area contributed by atoms with E-state index in [1.54, 1.807) is 6.92 Å². The van der Waals surface area contributed by atoms with Gasteiger partial charge in [-0.15, -0.1) is 0 Å². The van der Waals surface area contributed by atoms with Gasteiger partial charge in [0.25, 0.3) is 0 Å². The lowest BCUT2D eigenvalue weighted by Gasteiger charge is -2.32. The molecule has 1 unspecified atom stereocenters. The van der Waals surface area contributed by atoms with Crippen molar-refractivity contribution in [2.75, 3.05) is 32.8 Å². The molecule has 0 aliphatic carbocycles. The number of hydrogen-bond acceptors (Lipinski definition) is 4. The molecule has 0 radical (unpaired) electrons. The van der Waals surface area contributed by atoms with Gasteiger partial charge in [-0.25, -0.2) is 0 Å². The number of piperidine rings is 1. The average Bonchev–Trinajstić information content (AvgIpc) is 2.35. The summed E-state index contributed by atoms with van der Waals surface area (Å²) in [5, 5.41) is 2.99. The zero-order valence-corrected chi connectivity index (χ0v) is 11.7. The lowest BCUT2D eigenvalue weighted by Crippen LogP contribution is -2.44. The highest BCUT2D eigenvalue weighted by atomic mass is 16.5. The number of hydrogen-bond donors (Lipinski definition) is 2. The van der Waals surface area contributed by atoms with Crippen LogP contribution in [0.25, 0.3) is 0 Å². The SMILES string of the molecule is CCOC(CN)CCN1CCC(NC(C)=O)CC1. The van der Waals surface area contributed by atoms with Crippen molar-refractivity contribution in [3.05, 3.63) is 0 Å². The summed E-state index contributed by atoms with van der Waals surface area (Å²) in [6, 6.07) is 0.357. The van der Waals surface area contributed by atoms with Crippen LogP contribution in [-0.4, -0.2) is 55.7 Å². The normalized spacial score (nSPS) is 19.7. The molecule has 0 aromatic carbocycles. The molecule has 0 aromatic rings. The van der Waals surface area contributed by atoms with Gasteiger partial charge in [0.05, 0.1) is 6.10 Å². The van der Waals surface area contributed by atoms with E-state index in [2.05, 4.69) is 10.2 Å². The minimum atomic E-state index is 0.0768. The highest BCUT2D eigenvalue weighted by molar-refractivity contribution is 5.73. The first kappa shape index (κ1) is 15.4. The highest BCUT2D eigenvalue weighted by Crippen LogP contribution is 2.11. The Kier molecular flexibility index (Phi) is 7.23.